The van der Waals surface area contributed by atoms with Gasteiger partial charge in [0.25, 0.3) is 0 Å². The third-order valence-electron chi connectivity index (χ3n) is 3.35. The van der Waals surface area contributed by atoms with Crippen molar-refractivity contribution in [2.24, 2.45) is 0 Å². The second kappa shape index (κ2) is 6.46. The highest BCUT2D eigenvalue weighted by molar-refractivity contribution is 6.42. The minimum atomic E-state index is -1.23. The first-order valence-electron chi connectivity index (χ1n) is 6.10. The van der Waals surface area contributed by atoms with Gasteiger partial charge in [0.2, 0.25) is 5.91 Å². The Morgan fingerprint density at radius 2 is 1.85 bits per heavy atom. The van der Waals surface area contributed by atoms with Gasteiger partial charge in [0, 0.05) is 13.5 Å². The van der Waals surface area contributed by atoms with Gasteiger partial charge >= 0.3 is 5.97 Å². The number of amides is 1. The number of likely N-dealkylation sites (N-methyl/N-ethyl adjacent to an activating group) is 1. The maximum absolute atomic E-state index is 12.0. The zero-order valence-corrected chi connectivity index (χ0v) is 13.1. The molecule has 0 atom stereocenters. The van der Waals surface area contributed by atoms with Gasteiger partial charge in [-0.15, -0.1) is 0 Å². The van der Waals surface area contributed by atoms with Crippen molar-refractivity contribution in [3.05, 3.63) is 33.8 Å². The summed E-state index contributed by atoms with van der Waals surface area (Å²) in [6.45, 7) is 2.98. The van der Waals surface area contributed by atoms with Crippen LogP contribution in [0.25, 0.3) is 0 Å². The Bertz CT molecular complexity index is 529. The van der Waals surface area contributed by atoms with Crippen molar-refractivity contribution in [1.29, 1.82) is 0 Å². The van der Waals surface area contributed by atoms with Gasteiger partial charge in [-0.3, -0.25) is 4.79 Å². The first-order valence-corrected chi connectivity index (χ1v) is 6.86. The van der Waals surface area contributed by atoms with E-state index in [9.17, 15) is 9.59 Å². The monoisotopic (exact) mass is 317 g/mol. The van der Waals surface area contributed by atoms with Gasteiger partial charge in [0.1, 0.15) is 5.54 Å². The van der Waals surface area contributed by atoms with Gasteiger partial charge in [0.15, 0.2) is 0 Å². The number of carbonyl (C=O) groups is 2. The molecule has 1 aromatic carbocycles. The van der Waals surface area contributed by atoms with Crippen LogP contribution in [0, 0.1) is 0 Å². The Hall–Kier alpha value is -1.26. The number of hydrogen-bond acceptors (Lipinski definition) is 2. The van der Waals surface area contributed by atoms with Gasteiger partial charge in [-0.05, 0) is 38.0 Å². The predicted octanol–water partition coefficient (Wildman–Crippen LogP) is 3.25. The van der Waals surface area contributed by atoms with Gasteiger partial charge in [0.05, 0.1) is 10.0 Å². The average Bonchev–Trinajstić information content (AvgIpc) is 2.38. The molecule has 6 heteroatoms. The molecule has 0 fully saturated rings. The average molecular weight is 318 g/mol. The van der Waals surface area contributed by atoms with Crippen LogP contribution in [0.1, 0.15) is 25.8 Å². The van der Waals surface area contributed by atoms with E-state index in [-0.39, 0.29) is 12.3 Å². The van der Waals surface area contributed by atoms with Crippen LogP contribution in [0.4, 0.5) is 0 Å². The fraction of sp³-hybridized carbons (Fsp3) is 0.429. The zero-order chi connectivity index (χ0) is 15.5. The van der Waals surface area contributed by atoms with E-state index in [4.69, 9.17) is 28.3 Å². The fourth-order valence-electron chi connectivity index (χ4n) is 1.57. The molecule has 4 nitrogen and oxygen atoms in total. The third kappa shape index (κ3) is 3.87. The third-order valence-corrected chi connectivity index (χ3v) is 4.09. The van der Waals surface area contributed by atoms with Crippen LogP contribution >= 0.6 is 23.2 Å². The van der Waals surface area contributed by atoms with Crippen LogP contribution in [-0.4, -0.2) is 34.5 Å². The molecule has 0 unspecified atom stereocenters. The quantitative estimate of drug-likeness (QED) is 0.906. The smallest absolute Gasteiger partial charge is 0.329 e. The Kier molecular flexibility index (Phi) is 5.42. The summed E-state index contributed by atoms with van der Waals surface area (Å²) in [5.74, 6) is -1.27. The fourth-order valence-corrected chi connectivity index (χ4v) is 1.89. The minimum absolute atomic E-state index is 0.213. The molecule has 0 aliphatic rings. The highest BCUT2D eigenvalue weighted by atomic mass is 35.5. The largest absolute Gasteiger partial charge is 0.480 e. The molecule has 0 heterocycles. The van der Waals surface area contributed by atoms with E-state index in [0.717, 1.165) is 5.56 Å². The van der Waals surface area contributed by atoms with Crippen LogP contribution in [0.3, 0.4) is 0 Å². The van der Waals surface area contributed by atoms with Gasteiger partial charge in [-0.2, -0.15) is 0 Å². The maximum atomic E-state index is 12.0. The predicted molar refractivity (Wildman–Crippen MR) is 79.3 cm³/mol. The van der Waals surface area contributed by atoms with Gasteiger partial charge < -0.3 is 10.0 Å². The normalized spacial score (nSPS) is 11.2. The summed E-state index contributed by atoms with van der Waals surface area (Å²) in [7, 11) is 1.49. The molecule has 0 saturated carbocycles. The number of rotatable bonds is 5. The van der Waals surface area contributed by atoms with Crippen LogP contribution in [0.5, 0.6) is 0 Å². The topological polar surface area (TPSA) is 57.6 Å². The Morgan fingerprint density at radius 1 is 1.25 bits per heavy atom. The molecule has 0 bridgehead atoms. The summed E-state index contributed by atoms with van der Waals surface area (Å²) >= 11 is 11.7. The molecule has 110 valence electrons. The number of carboxylic acids is 1. The molecule has 1 rings (SSSR count). The zero-order valence-electron chi connectivity index (χ0n) is 11.6. The van der Waals surface area contributed by atoms with E-state index in [1.165, 1.54) is 25.8 Å². The van der Waals surface area contributed by atoms with Crippen molar-refractivity contribution < 1.29 is 14.7 Å². The van der Waals surface area contributed by atoms with Crippen LogP contribution in [0.2, 0.25) is 10.0 Å². The molecule has 1 aromatic rings. The summed E-state index contributed by atoms with van der Waals surface area (Å²) in [6, 6.07) is 5.18. The molecule has 0 spiro atoms. The summed E-state index contributed by atoms with van der Waals surface area (Å²) in [5, 5.41) is 9.99. The number of carbonyl (C=O) groups excluding carboxylic acids is 1. The van der Waals surface area contributed by atoms with E-state index in [1.807, 2.05) is 0 Å². The van der Waals surface area contributed by atoms with Crippen molar-refractivity contribution in [3.63, 3.8) is 0 Å². The standard InChI is InChI=1S/C14H17Cl2NO3/c1-14(2,13(19)20)17(3)12(18)7-5-9-4-6-10(15)11(16)8-9/h4,6,8H,5,7H2,1-3H3,(H,19,20). The maximum Gasteiger partial charge on any atom is 0.329 e. The summed E-state index contributed by atoms with van der Waals surface area (Å²) in [4.78, 5) is 24.4. The molecule has 1 amide bonds. The lowest BCUT2D eigenvalue weighted by molar-refractivity contribution is -0.155. The van der Waals surface area contributed by atoms with Gasteiger partial charge in [-0.1, -0.05) is 29.3 Å². The lowest BCUT2D eigenvalue weighted by atomic mass is 10.0. The minimum Gasteiger partial charge on any atom is -0.480 e. The molecule has 0 aliphatic heterocycles. The van der Waals surface area contributed by atoms with E-state index in [2.05, 4.69) is 0 Å². The number of nitrogens with zero attached hydrogens (tertiary/aromatic N) is 1. The highest BCUT2D eigenvalue weighted by Crippen LogP contribution is 2.23. The van der Waals surface area contributed by atoms with E-state index in [1.54, 1.807) is 18.2 Å². The number of aliphatic carboxylic acids is 1. The van der Waals surface area contributed by atoms with Crippen molar-refractivity contribution in [1.82, 2.24) is 4.90 Å². The molecular weight excluding hydrogens is 301 g/mol. The number of halogens is 2. The van der Waals surface area contributed by atoms with Crippen LogP contribution < -0.4 is 0 Å². The van der Waals surface area contributed by atoms with Crippen molar-refractivity contribution in [3.8, 4) is 0 Å². The van der Waals surface area contributed by atoms with Crippen LogP contribution in [-0.2, 0) is 16.0 Å². The first kappa shape index (κ1) is 16.8. The molecular formula is C14H17Cl2NO3. The Labute approximate surface area is 128 Å². The van der Waals surface area contributed by atoms with Crippen molar-refractivity contribution in [2.45, 2.75) is 32.2 Å². The van der Waals surface area contributed by atoms with Crippen molar-refractivity contribution >= 4 is 35.1 Å². The van der Waals surface area contributed by atoms with E-state index < -0.39 is 11.5 Å². The molecule has 0 aliphatic carbocycles. The lowest BCUT2D eigenvalue weighted by Gasteiger charge is -2.31. The van der Waals surface area contributed by atoms with Crippen LogP contribution in [0.15, 0.2) is 18.2 Å². The molecule has 0 saturated heterocycles. The summed E-state index contributed by atoms with van der Waals surface area (Å²) in [5.41, 5.74) is -0.344. The van der Waals surface area contributed by atoms with Crippen molar-refractivity contribution in [2.75, 3.05) is 7.05 Å². The second-order valence-electron chi connectivity index (χ2n) is 5.07. The number of hydrogen-bond donors (Lipinski definition) is 1. The number of aryl methyl sites for hydroxylation is 1. The summed E-state index contributed by atoms with van der Waals surface area (Å²) < 4.78 is 0. The molecule has 1 N–H and O–H groups in total. The Morgan fingerprint density at radius 3 is 2.35 bits per heavy atom. The lowest BCUT2D eigenvalue weighted by Crippen LogP contribution is -2.50. The second-order valence-corrected chi connectivity index (χ2v) is 5.88. The van der Waals surface area contributed by atoms with E-state index in [0.29, 0.717) is 16.5 Å². The number of benzene rings is 1. The molecule has 20 heavy (non-hydrogen) atoms. The van der Waals surface area contributed by atoms with Gasteiger partial charge in [-0.25, -0.2) is 4.79 Å². The number of carboxylic acid groups (broad SMARTS) is 1. The molecule has 0 radical (unpaired) electrons. The molecule has 0 aromatic heterocycles. The first-order chi connectivity index (χ1) is 9.16. The van der Waals surface area contributed by atoms with E-state index >= 15 is 0 Å². The Balaban J connectivity index is 2.67. The SMILES string of the molecule is CN(C(=O)CCc1ccc(Cl)c(Cl)c1)C(C)(C)C(=O)O. The highest BCUT2D eigenvalue weighted by Gasteiger charge is 2.34. The summed E-state index contributed by atoms with van der Waals surface area (Å²) in [6.07, 6.45) is 0.695.